The lowest BCUT2D eigenvalue weighted by Crippen LogP contribution is -2.14. The van der Waals surface area contributed by atoms with Crippen LogP contribution in [0, 0.1) is 10.5 Å². The first-order valence-corrected chi connectivity index (χ1v) is 14.9. The number of aliphatic hydroxyl groups excluding tert-OH is 1. The summed E-state index contributed by atoms with van der Waals surface area (Å²) >= 11 is 15.4. The highest BCUT2D eigenvalue weighted by Crippen LogP contribution is 2.41. The average Bonchev–Trinajstić information content (AvgIpc) is 3.22. The zero-order valence-electron chi connectivity index (χ0n) is 22.2. The lowest BCUT2D eigenvalue weighted by molar-refractivity contribution is -0.138. The molecule has 1 heterocycles. The molecule has 7 nitrogen and oxygen atoms in total. The number of aryl methyl sites for hydroxylation is 1. The number of rotatable bonds is 8. The molecule has 0 spiro atoms. The van der Waals surface area contributed by atoms with Crippen LogP contribution in [-0.2, 0) is 16.1 Å². The number of aliphatic hydroxyl groups is 1. The quantitative estimate of drug-likeness (QED) is 0.185. The molecule has 1 N–H and O–H groups in total. The van der Waals surface area contributed by atoms with Crippen molar-refractivity contribution in [2.75, 3.05) is 13.7 Å². The van der Waals surface area contributed by atoms with Crippen molar-refractivity contribution in [1.82, 2.24) is 0 Å². The summed E-state index contributed by atoms with van der Waals surface area (Å²) in [5.74, 6) is -0.654. The molecule has 0 aliphatic carbocycles. The number of amides is 1. The Hall–Kier alpha value is -2.99. The van der Waals surface area contributed by atoms with Crippen LogP contribution in [0.4, 0.5) is 0 Å². The number of hydrogen-bond acceptors (Lipinski definition) is 7. The van der Waals surface area contributed by atoms with Crippen molar-refractivity contribution < 1.29 is 28.9 Å². The normalized spacial score (nSPS) is 15.0. The van der Waals surface area contributed by atoms with E-state index in [1.165, 1.54) is 7.11 Å². The van der Waals surface area contributed by atoms with E-state index in [-0.39, 0.29) is 29.6 Å². The van der Waals surface area contributed by atoms with E-state index in [2.05, 4.69) is 27.6 Å². The topological polar surface area (TPSA) is 94.4 Å². The summed E-state index contributed by atoms with van der Waals surface area (Å²) in [5.41, 5.74) is 2.40. The Bertz CT molecular complexity index is 1620. The van der Waals surface area contributed by atoms with E-state index >= 15 is 0 Å². The Balaban J connectivity index is 1.67. The fourth-order valence-corrected chi connectivity index (χ4v) is 6.12. The maximum absolute atomic E-state index is 13.0. The Labute approximate surface area is 265 Å². The lowest BCUT2D eigenvalue weighted by Gasteiger charge is -2.14. The highest BCUT2D eigenvalue weighted by Gasteiger charge is 2.34. The number of hydrogen-bond donors (Lipinski definition) is 1. The van der Waals surface area contributed by atoms with Crippen LogP contribution in [0.25, 0.3) is 6.08 Å². The van der Waals surface area contributed by atoms with E-state index in [1.807, 2.05) is 12.1 Å². The molecule has 0 aromatic heterocycles. The van der Waals surface area contributed by atoms with E-state index < -0.39 is 11.9 Å². The molecule has 3 aromatic rings. The zero-order valence-corrected chi connectivity index (χ0v) is 26.7. The predicted octanol–water partition coefficient (Wildman–Crippen LogP) is 8.20. The Morgan fingerprint density at radius 1 is 1.12 bits per heavy atom. The van der Waals surface area contributed by atoms with Crippen molar-refractivity contribution in [1.29, 1.82) is 0 Å². The zero-order chi connectivity index (χ0) is 29.7. The van der Waals surface area contributed by atoms with Gasteiger partial charge in [-0.1, -0.05) is 59.2 Å². The fraction of sp³-hybridized carbons (Fsp3) is 0.167. The Morgan fingerprint density at radius 2 is 1.88 bits per heavy atom. The highest BCUT2D eigenvalue weighted by atomic mass is 127. The summed E-state index contributed by atoms with van der Waals surface area (Å²) in [5, 5.41) is 12.1. The molecule has 0 atom stereocenters. The minimum Gasteiger partial charge on any atom is -0.506 e. The Kier molecular flexibility index (Phi) is 10.4. The first kappa shape index (κ1) is 31.0. The highest BCUT2D eigenvalue weighted by molar-refractivity contribution is 14.1. The summed E-state index contributed by atoms with van der Waals surface area (Å²) in [6, 6.07) is 15.8. The minimum absolute atomic E-state index is 0.0573. The standard InChI is InChI=1S/C30H24Cl2INO6S/c1-4-39-30(37)25-26(35)24(41-29(25)34-28(36)20-8-6-5-7-16(20)2)13-17-11-22(33)27(23(12-17)38-3)40-15-18-9-10-19(31)14-21(18)32/h5-14,35H,4,15H2,1-3H3/b24-13-,34-29?. The average molecular weight is 724 g/mol. The number of carbonyl (C=O) groups is 2. The third kappa shape index (κ3) is 7.27. The van der Waals surface area contributed by atoms with Gasteiger partial charge in [-0.15, -0.1) is 0 Å². The van der Waals surface area contributed by atoms with Crippen molar-refractivity contribution >= 4 is 80.6 Å². The van der Waals surface area contributed by atoms with Crippen LogP contribution >= 0.6 is 57.6 Å². The lowest BCUT2D eigenvalue weighted by atomic mass is 10.1. The van der Waals surface area contributed by atoms with Gasteiger partial charge in [-0.2, -0.15) is 0 Å². The number of halogens is 3. The number of nitrogens with zero attached hydrogens (tertiary/aromatic N) is 1. The van der Waals surface area contributed by atoms with Crippen LogP contribution in [0.1, 0.15) is 34.0 Å². The van der Waals surface area contributed by atoms with Gasteiger partial charge in [0.2, 0.25) is 0 Å². The van der Waals surface area contributed by atoms with Crippen LogP contribution in [0.5, 0.6) is 11.5 Å². The molecule has 0 fully saturated rings. The molecule has 0 bridgehead atoms. The smallest absolute Gasteiger partial charge is 0.344 e. The van der Waals surface area contributed by atoms with Gasteiger partial charge in [-0.3, -0.25) is 4.79 Å². The van der Waals surface area contributed by atoms with Gasteiger partial charge in [0.05, 0.1) is 22.2 Å². The first-order valence-electron chi connectivity index (χ1n) is 12.3. The number of esters is 1. The number of ether oxygens (including phenoxy) is 3. The molecule has 11 heteroatoms. The van der Waals surface area contributed by atoms with E-state index in [0.29, 0.717) is 37.6 Å². The number of methoxy groups -OCH3 is 1. The van der Waals surface area contributed by atoms with Crippen LogP contribution in [0.2, 0.25) is 10.0 Å². The van der Waals surface area contributed by atoms with Gasteiger partial charge in [0.1, 0.15) is 23.0 Å². The Morgan fingerprint density at radius 3 is 2.56 bits per heavy atom. The molecule has 1 amide bonds. The van der Waals surface area contributed by atoms with Crippen molar-refractivity contribution in [3.05, 3.63) is 107 Å². The fourth-order valence-electron chi connectivity index (χ4n) is 3.86. The summed E-state index contributed by atoms with van der Waals surface area (Å²) < 4.78 is 17.5. The molecule has 1 aliphatic heterocycles. The third-order valence-electron chi connectivity index (χ3n) is 5.89. The molecule has 41 heavy (non-hydrogen) atoms. The summed E-state index contributed by atoms with van der Waals surface area (Å²) in [4.78, 5) is 30.2. The van der Waals surface area contributed by atoms with Gasteiger partial charge in [-0.25, -0.2) is 9.79 Å². The van der Waals surface area contributed by atoms with E-state index in [9.17, 15) is 14.7 Å². The van der Waals surface area contributed by atoms with E-state index in [1.54, 1.807) is 62.4 Å². The second kappa shape index (κ2) is 13.8. The molecule has 3 aromatic carbocycles. The predicted molar refractivity (Wildman–Crippen MR) is 171 cm³/mol. The van der Waals surface area contributed by atoms with Gasteiger partial charge < -0.3 is 19.3 Å². The number of carbonyl (C=O) groups excluding carboxylic acids is 2. The van der Waals surface area contributed by atoms with Crippen LogP contribution in [-0.4, -0.2) is 35.7 Å². The molecule has 0 saturated carbocycles. The summed E-state index contributed by atoms with van der Waals surface area (Å²) in [7, 11) is 1.52. The maximum atomic E-state index is 13.0. The monoisotopic (exact) mass is 723 g/mol. The molecule has 0 radical (unpaired) electrons. The molecular weight excluding hydrogens is 700 g/mol. The number of benzene rings is 3. The van der Waals surface area contributed by atoms with E-state index in [0.717, 1.165) is 26.5 Å². The van der Waals surface area contributed by atoms with Crippen LogP contribution in [0.15, 0.2) is 75.8 Å². The third-order valence-corrected chi connectivity index (χ3v) is 8.29. The van der Waals surface area contributed by atoms with Crippen LogP contribution in [0.3, 0.4) is 0 Å². The molecule has 1 aliphatic rings. The van der Waals surface area contributed by atoms with E-state index in [4.69, 9.17) is 37.4 Å². The maximum Gasteiger partial charge on any atom is 0.344 e. The second-order valence-corrected chi connectivity index (χ2v) is 11.7. The SMILES string of the molecule is CCOC(=O)C1=C(O)/C(=C/c2cc(I)c(OCc3ccc(Cl)cc3Cl)c(OC)c2)SC1=NC(=O)c1ccccc1C. The van der Waals surface area contributed by atoms with Crippen molar-refractivity contribution in [3.8, 4) is 11.5 Å². The van der Waals surface area contributed by atoms with Gasteiger partial charge in [0.25, 0.3) is 5.91 Å². The van der Waals surface area contributed by atoms with Gasteiger partial charge >= 0.3 is 5.97 Å². The largest absolute Gasteiger partial charge is 0.506 e. The molecule has 0 saturated heterocycles. The summed E-state index contributed by atoms with van der Waals surface area (Å²) in [6.07, 6.45) is 1.67. The summed E-state index contributed by atoms with van der Waals surface area (Å²) in [6.45, 7) is 3.74. The number of aliphatic imine (C=N–C) groups is 1. The van der Waals surface area contributed by atoms with Crippen molar-refractivity contribution in [3.63, 3.8) is 0 Å². The van der Waals surface area contributed by atoms with Crippen molar-refractivity contribution in [2.45, 2.75) is 20.5 Å². The minimum atomic E-state index is -0.769. The molecule has 212 valence electrons. The molecule has 4 rings (SSSR count). The van der Waals surface area contributed by atoms with Gasteiger partial charge in [0, 0.05) is 21.2 Å². The first-order chi connectivity index (χ1) is 19.6. The van der Waals surface area contributed by atoms with Gasteiger partial charge in [0.15, 0.2) is 11.5 Å². The van der Waals surface area contributed by atoms with Crippen molar-refractivity contribution in [2.24, 2.45) is 4.99 Å². The molecular formula is C30H24Cl2INO6S. The number of thioether (sulfide) groups is 1. The molecule has 0 unspecified atom stereocenters. The van der Waals surface area contributed by atoms with Gasteiger partial charge in [-0.05, 0) is 84.0 Å². The van der Waals surface area contributed by atoms with Crippen LogP contribution < -0.4 is 9.47 Å². The second-order valence-electron chi connectivity index (χ2n) is 8.65.